The first-order valence-corrected chi connectivity index (χ1v) is 9.48. The average Bonchev–Trinajstić information content (AvgIpc) is 3.23. The zero-order chi connectivity index (χ0) is 24.5. The molecule has 4 rings (SSSR count). The van der Waals surface area contributed by atoms with Crippen LogP contribution in [0.15, 0.2) is 60.1 Å². The second-order valence-electron chi connectivity index (χ2n) is 6.88. The van der Waals surface area contributed by atoms with Gasteiger partial charge < -0.3 is 4.74 Å². The standard InChI is InChI=1S/C21H14F6N6O/c1-34-15-4-2-3-14(8-15)33-19-16(10-31-33)18(28-11-29-19)32-30-9-12-5-6-13(20(22,23)24)7-17(12)21(25,26)27/h2-11H,1H3,(H,28,29,32). The first kappa shape index (κ1) is 23.0. The summed E-state index contributed by atoms with van der Waals surface area (Å²) >= 11 is 0. The van der Waals surface area contributed by atoms with Crippen molar-refractivity contribution in [2.24, 2.45) is 5.10 Å². The number of anilines is 1. The van der Waals surface area contributed by atoms with Crippen molar-refractivity contribution >= 4 is 23.1 Å². The Labute approximate surface area is 187 Å². The van der Waals surface area contributed by atoms with E-state index in [4.69, 9.17) is 4.74 Å². The van der Waals surface area contributed by atoms with Crippen molar-refractivity contribution in [3.8, 4) is 11.4 Å². The summed E-state index contributed by atoms with van der Waals surface area (Å²) < 4.78 is 85.1. The lowest BCUT2D eigenvalue weighted by atomic mass is 10.0. The predicted molar refractivity (Wildman–Crippen MR) is 111 cm³/mol. The summed E-state index contributed by atoms with van der Waals surface area (Å²) in [4.78, 5) is 8.19. The van der Waals surface area contributed by atoms with Crippen LogP contribution in [-0.4, -0.2) is 33.1 Å². The Balaban J connectivity index is 1.65. The van der Waals surface area contributed by atoms with Crippen LogP contribution in [0, 0.1) is 0 Å². The van der Waals surface area contributed by atoms with Gasteiger partial charge in [-0.25, -0.2) is 14.6 Å². The van der Waals surface area contributed by atoms with Crippen molar-refractivity contribution in [3.05, 3.63) is 71.7 Å². The van der Waals surface area contributed by atoms with Crippen molar-refractivity contribution < 1.29 is 31.1 Å². The van der Waals surface area contributed by atoms with Crippen LogP contribution >= 0.6 is 0 Å². The summed E-state index contributed by atoms with van der Waals surface area (Å²) in [6.45, 7) is 0. The van der Waals surface area contributed by atoms with Gasteiger partial charge in [-0.3, -0.25) is 5.43 Å². The second-order valence-corrected chi connectivity index (χ2v) is 6.88. The van der Waals surface area contributed by atoms with Gasteiger partial charge in [0.2, 0.25) is 0 Å². The Bertz CT molecular complexity index is 1360. The molecule has 0 spiro atoms. The zero-order valence-electron chi connectivity index (χ0n) is 17.2. The number of methoxy groups -OCH3 is 1. The molecule has 7 nitrogen and oxygen atoms in total. The van der Waals surface area contributed by atoms with Crippen LogP contribution in [0.3, 0.4) is 0 Å². The third kappa shape index (κ3) is 4.63. The van der Waals surface area contributed by atoms with Gasteiger partial charge in [-0.2, -0.15) is 36.5 Å². The molecule has 1 N–H and O–H groups in total. The van der Waals surface area contributed by atoms with Gasteiger partial charge in [-0.15, -0.1) is 0 Å². The molecular formula is C21H14F6N6O. The van der Waals surface area contributed by atoms with Gasteiger partial charge in [0.15, 0.2) is 11.5 Å². The first-order valence-electron chi connectivity index (χ1n) is 9.48. The molecule has 2 aromatic carbocycles. The highest BCUT2D eigenvalue weighted by atomic mass is 19.4. The lowest BCUT2D eigenvalue weighted by Gasteiger charge is -2.13. The Morgan fingerprint density at radius 2 is 1.79 bits per heavy atom. The van der Waals surface area contributed by atoms with E-state index in [1.54, 1.807) is 24.3 Å². The van der Waals surface area contributed by atoms with Gasteiger partial charge in [0, 0.05) is 11.6 Å². The minimum Gasteiger partial charge on any atom is -0.497 e. The summed E-state index contributed by atoms with van der Waals surface area (Å²) in [6.07, 6.45) is -6.51. The third-order valence-corrected chi connectivity index (χ3v) is 4.72. The monoisotopic (exact) mass is 480 g/mol. The summed E-state index contributed by atoms with van der Waals surface area (Å²) in [5.74, 6) is 0.728. The van der Waals surface area contributed by atoms with Crippen molar-refractivity contribution in [1.82, 2.24) is 19.7 Å². The van der Waals surface area contributed by atoms with Gasteiger partial charge in [-0.05, 0) is 24.3 Å². The molecule has 0 amide bonds. The molecular weight excluding hydrogens is 466 g/mol. The van der Waals surface area contributed by atoms with Crippen molar-refractivity contribution in [2.45, 2.75) is 12.4 Å². The number of hydrogen-bond acceptors (Lipinski definition) is 6. The molecule has 0 unspecified atom stereocenters. The highest BCUT2D eigenvalue weighted by molar-refractivity contribution is 5.88. The lowest BCUT2D eigenvalue weighted by molar-refractivity contribution is -0.143. The Morgan fingerprint density at radius 1 is 1.00 bits per heavy atom. The highest BCUT2D eigenvalue weighted by Gasteiger charge is 2.37. The summed E-state index contributed by atoms with van der Waals surface area (Å²) in [7, 11) is 1.52. The van der Waals surface area contributed by atoms with Crippen LogP contribution in [0.2, 0.25) is 0 Å². The molecule has 0 saturated heterocycles. The largest absolute Gasteiger partial charge is 0.497 e. The van der Waals surface area contributed by atoms with Crippen LogP contribution < -0.4 is 10.2 Å². The molecule has 0 radical (unpaired) electrons. The Kier molecular flexibility index (Phi) is 5.85. The summed E-state index contributed by atoms with van der Waals surface area (Å²) in [5, 5.41) is 8.40. The van der Waals surface area contributed by atoms with Crippen molar-refractivity contribution in [2.75, 3.05) is 12.5 Å². The average molecular weight is 480 g/mol. The fourth-order valence-corrected chi connectivity index (χ4v) is 3.12. The number of hydrogen-bond donors (Lipinski definition) is 1. The third-order valence-electron chi connectivity index (χ3n) is 4.72. The number of halogens is 6. The number of hydrazone groups is 1. The first-order chi connectivity index (χ1) is 16.1. The summed E-state index contributed by atoms with van der Waals surface area (Å²) in [6, 6.07) is 8.30. The van der Waals surface area contributed by atoms with Gasteiger partial charge in [-0.1, -0.05) is 12.1 Å². The molecule has 0 fully saturated rings. The van der Waals surface area contributed by atoms with E-state index >= 15 is 0 Å². The molecule has 2 aromatic heterocycles. The normalized spacial score (nSPS) is 12.4. The minimum atomic E-state index is -5.01. The van der Waals surface area contributed by atoms with E-state index in [1.165, 1.54) is 24.3 Å². The maximum atomic E-state index is 13.3. The number of rotatable bonds is 5. The topological polar surface area (TPSA) is 77.2 Å². The minimum absolute atomic E-state index is 0.0441. The van der Waals surface area contributed by atoms with Crippen LogP contribution in [0.25, 0.3) is 16.7 Å². The van der Waals surface area contributed by atoms with E-state index in [0.717, 1.165) is 6.21 Å². The van der Waals surface area contributed by atoms with E-state index in [2.05, 4.69) is 25.6 Å². The molecule has 0 aliphatic heterocycles. The molecule has 176 valence electrons. The second kappa shape index (κ2) is 8.65. The molecule has 0 atom stereocenters. The number of ether oxygens (including phenoxy) is 1. The Morgan fingerprint density at radius 3 is 2.50 bits per heavy atom. The quantitative estimate of drug-likeness (QED) is 0.238. The van der Waals surface area contributed by atoms with E-state index in [9.17, 15) is 26.3 Å². The Hall–Kier alpha value is -4.16. The van der Waals surface area contributed by atoms with Crippen molar-refractivity contribution in [1.29, 1.82) is 0 Å². The smallest absolute Gasteiger partial charge is 0.417 e. The molecule has 0 aliphatic rings. The van der Waals surface area contributed by atoms with Crippen molar-refractivity contribution in [3.63, 3.8) is 0 Å². The maximum Gasteiger partial charge on any atom is 0.417 e. The molecule has 0 saturated carbocycles. The van der Waals surface area contributed by atoms with Crippen LogP contribution in [0.1, 0.15) is 16.7 Å². The number of aromatic nitrogens is 4. The molecule has 0 bridgehead atoms. The number of nitrogens with zero attached hydrogens (tertiary/aromatic N) is 5. The van der Waals surface area contributed by atoms with Gasteiger partial charge in [0.25, 0.3) is 0 Å². The maximum absolute atomic E-state index is 13.3. The SMILES string of the molecule is COc1cccc(-n2ncc3c(NN=Cc4ccc(C(F)(F)F)cc4C(F)(F)F)ncnc32)c1. The number of benzene rings is 2. The van der Waals surface area contributed by atoms with E-state index < -0.39 is 29.0 Å². The molecule has 13 heteroatoms. The van der Waals surface area contributed by atoms with Gasteiger partial charge in [0.1, 0.15) is 12.1 Å². The molecule has 4 aromatic rings. The zero-order valence-corrected chi connectivity index (χ0v) is 17.2. The summed E-state index contributed by atoms with van der Waals surface area (Å²) in [5.41, 5.74) is 0.0930. The van der Waals surface area contributed by atoms with E-state index in [-0.39, 0.29) is 11.9 Å². The highest BCUT2D eigenvalue weighted by Crippen LogP contribution is 2.37. The van der Waals surface area contributed by atoms with Gasteiger partial charge in [0.05, 0.1) is 41.7 Å². The van der Waals surface area contributed by atoms with Crippen LogP contribution in [0.5, 0.6) is 5.75 Å². The lowest BCUT2D eigenvalue weighted by Crippen LogP contribution is -2.13. The number of nitrogens with one attached hydrogen (secondary N) is 1. The van der Waals surface area contributed by atoms with Crippen LogP contribution in [-0.2, 0) is 12.4 Å². The molecule has 0 aliphatic carbocycles. The van der Waals surface area contributed by atoms with E-state index in [1.807, 2.05) is 0 Å². The fourth-order valence-electron chi connectivity index (χ4n) is 3.12. The van der Waals surface area contributed by atoms with E-state index in [0.29, 0.717) is 34.6 Å². The van der Waals surface area contributed by atoms with Gasteiger partial charge >= 0.3 is 12.4 Å². The predicted octanol–water partition coefficient (Wildman–Crippen LogP) is 5.31. The number of fused-ring (bicyclic) bond motifs is 1. The molecule has 2 heterocycles. The molecule has 34 heavy (non-hydrogen) atoms. The fraction of sp³-hybridized carbons (Fsp3) is 0.143. The number of alkyl halides is 6. The van der Waals surface area contributed by atoms with Crippen LogP contribution in [0.4, 0.5) is 32.2 Å².